The minimum atomic E-state index is 0.250. The summed E-state index contributed by atoms with van der Waals surface area (Å²) < 4.78 is 1.96. The van der Waals surface area contributed by atoms with E-state index in [0.717, 1.165) is 23.5 Å². The summed E-state index contributed by atoms with van der Waals surface area (Å²) >= 11 is 0. The SMILES string of the molecule is Oc1ccc2c(c1)nnn2CC1CCCC1. The van der Waals surface area contributed by atoms with Crippen LogP contribution in [0.2, 0.25) is 0 Å². The lowest BCUT2D eigenvalue weighted by Gasteiger charge is -2.08. The lowest BCUT2D eigenvalue weighted by atomic mass is 10.1. The average Bonchev–Trinajstić information content (AvgIpc) is 2.89. The Hall–Kier alpha value is -1.58. The van der Waals surface area contributed by atoms with Gasteiger partial charge in [0.1, 0.15) is 11.3 Å². The average molecular weight is 217 g/mol. The fraction of sp³-hybridized carbons (Fsp3) is 0.500. The van der Waals surface area contributed by atoms with E-state index in [0.29, 0.717) is 0 Å². The van der Waals surface area contributed by atoms with Crippen molar-refractivity contribution in [3.63, 3.8) is 0 Å². The molecule has 0 spiro atoms. The molecule has 0 bridgehead atoms. The van der Waals surface area contributed by atoms with Crippen molar-refractivity contribution in [2.45, 2.75) is 32.2 Å². The largest absolute Gasteiger partial charge is 0.508 e. The van der Waals surface area contributed by atoms with Crippen LogP contribution in [0.25, 0.3) is 11.0 Å². The van der Waals surface area contributed by atoms with Crippen LogP contribution in [0.4, 0.5) is 0 Å². The van der Waals surface area contributed by atoms with Gasteiger partial charge in [-0.2, -0.15) is 0 Å². The van der Waals surface area contributed by atoms with Crippen LogP contribution in [0, 0.1) is 5.92 Å². The van der Waals surface area contributed by atoms with Crippen molar-refractivity contribution >= 4 is 11.0 Å². The molecule has 1 aromatic heterocycles. The summed E-state index contributed by atoms with van der Waals surface area (Å²) in [5, 5.41) is 17.6. The monoisotopic (exact) mass is 217 g/mol. The molecule has 84 valence electrons. The standard InChI is InChI=1S/C12H15N3O/c16-10-5-6-12-11(7-10)13-14-15(12)8-9-3-1-2-4-9/h5-7,9,16H,1-4,8H2. The first kappa shape index (κ1) is 9.63. The van der Waals surface area contributed by atoms with E-state index in [1.807, 2.05) is 10.7 Å². The fourth-order valence-corrected chi connectivity index (χ4v) is 2.53. The topological polar surface area (TPSA) is 50.9 Å². The second-order valence-electron chi connectivity index (χ2n) is 4.60. The molecule has 0 saturated heterocycles. The Kier molecular flexibility index (Phi) is 2.27. The van der Waals surface area contributed by atoms with Crippen molar-refractivity contribution in [1.29, 1.82) is 0 Å². The molecule has 3 rings (SSSR count). The molecule has 1 fully saturated rings. The molecule has 16 heavy (non-hydrogen) atoms. The van der Waals surface area contributed by atoms with Crippen molar-refractivity contribution in [1.82, 2.24) is 15.0 Å². The Morgan fingerprint density at radius 3 is 2.94 bits per heavy atom. The van der Waals surface area contributed by atoms with Crippen molar-refractivity contribution in [2.75, 3.05) is 0 Å². The molecule has 4 heteroatoms. The normalized spacial score (nSPS) is 17.2. The molecule has 0 unspecified atom stereocenters. The summed E-state index contributed by atoms with van der Waals surface area (Å²) in [5.74, 6) is 0.999. The van der Waals surface area contributed by atoms with Crippen LogP contribution in [-0.4, -0.2) is 20.1 Å². The summed E-state index contributed by atoms with van der Waals surface area (Å²) in [7, 11) is 0. The molecule has 1 aliphatic rings. The molecular formula is C12H15N3O. The lowest BCUT2D eigenvalue weighted by Crippen LogP contribution is -2.08. The number of fused-ring (bicyclic) bond motifs is 1. The third-order valence-corrected chi connectivity index (χ3v) is 3.40. The minimum absolute atomic E-state index is 0.250. The van der Waals surface area contributed by atoms with Crippen LogP contribution >= 0.6 is 0 Å². The molecule has 0 aliphatic heterocycles. The van der Waals surface area contributed by atoms with Gasteiger partial charge in [-0.25, -0.2) is 4.68 Å². The quantitative estimate of drug-likeness (QED) is 0.839. The molecular weight excluding hydrogens is 202 g/mol. The molecule has 2 aromatic rings. The van der Waals surface area contributed by atoms with Gasteiger partial charge in [-0.15, -0.1) is 5.10 Å². The highest BCUT2D eigenvalue weighted by Gasteiger charge is 2.17. The van der Waals surface area contributed by atoms with E-state index in [2.05, 4.69) is 10.3 Å². The number of nitrogens with zero attached hydrogens (tertiary/aromatic N) is 3. The van der Waals surface area contributed by atoms with Gasteiger partial charge in [-0.05, 0) is 30.9 Å². The number of rotatable bonds is 2. The maximum absolute atomic E-state index is 9.35. The smallest absolute Gasteiger partial charge is 0.117 e. The van der Waals surface area contributed by atoms with Crippen molar-refractivity contribution in [2.24, 2.45) is 5.92 Å². The van der Waals surface area contributed by atoms with Gasteiger partial charge in [0, 0.05) is 12.6 Å². The van der Waals surface area contributed by atoms with Gasteiger partial charge in [0.15, 0.2) is 0 Å². The number of aromatic nitrogens is 3. The van der Waals surface area contributed by atoms with E-state index in [4.69, 9.17) is 0 Å². The van der Waals surface area contributed by atoms with Crippen LogP contribution in [0.5, 0.6) is 5.75 Å². The number of phenolic OH excluding ortho intramolecular Hbond substituents is 1. The molecule has 0 atom stereocenters. The van der Waals surface area contributed by atoms with Gasteiger partial charge in [-0.3, -0.25) is 0 Å². The molecule has 1 heterocycles. The second kappa shape index (κ2) is 3.77. The first-order valence-electron chi connectivity index (χ1n) is 5.85. The van der Waals surface area contributed by atoms with Gasteiger partial charge in [-0.1, -0.05) is 18.1 Å². The minimum Gasteiger partial charge on any atom is -0.508 e. The zero-order valence-electron chi connectivity index (χ0n) is 9.13. The summed E-state index contributed by atoms with van der Waals surface area (Å²) in [6, 6.07) is 5.24. The summed E-state index contributed by atoms with van der Waals surface area (Å²) in [6.45, 7) is 0.960. The Bertz CT molecular complexity index is 500. The third-order valence-electron chi connectivity index (χ3n) is 3.40. The lowest BCUT2D eigenvalue weighted by molar-refractivity contribution is 0.430. The highest BCUT2D eigenvalue weighted by Crippen LogP contribution is 2.27. The Labute approximate surface area is 93.9 Å². The summed E-state index contributed by atoms with van der Waals surface area (Å²) in [6.07, 6.45) is 5.30. The highest BCUT2D eigenvalue weighted by atomic mass is 16.3. The second-order valence-corrected chi connectivity index (χ2v) is 4.60. The zero-order chi connectivity index (χ0) is 11.0. The number of aromatic hydroxyl groups is 1. The van der Waals surface area contributed by atoms with Crippen LogP contribution in [0.15, 0.2) is 18.2 Å². The predicted octanol–water partition coefficient (Wildman–Crippen LogP) is 2.33. The Morgan fingerprint density at radius 2 is 2.12 bits per heavy atom. The first-order valence-corrected chi connectivity index (χ1v) is 5.85. The third kappa shape index (κ3) is 1.64. The van der Waals surface area contributed by atoms with Crippen LogP contribution in [-0.2, 0) is 6.54 Å². The summed E-state index contributed by atoms with van der Waals surface area (Å²) in [4.78, 5) is 0. The van der Waals surface area contributed by atoms with E-state index in [1.54, 1.807) is 12.1 Å². The van der Waals surface area contributed by atoms with Gasteiger partial charge < -0.3 is 5.11 Å². The van der Waals surface area contributed by atoms with E-state index < -0.39 is 0 Å². The molecule has 1 saturated carbocycles. The maximum Gasteiger partial charge on any atom is 0.117 e. The van der Waals surface area contributed by atoms with Gasteiger partial charge in [0.25, 0.3) is 0 Å². The molecule has 0 radical (unpaired) electrons. The highest BCUT2D eigenvalue weighted by molar-refractivity contribution is 5.75. The van der Waals surface area contributed by atoms with E-state index in [-0.39, 0.29) is 5.75 Å². The van der Waals surface area contributed by atoms with Gasteiger partial charge >= 0.3 is 0 Å². The Morgan fingerprint density at radius 1 is 1.31 bits per heavy atom. The molecule has 1 aliphatic carbocycles. The van der Waals surface area contributed by atoms with E-state index in [1.165, 1.54) is 25.7 Å². The van der Waals surface area contributed by atoms with Gasteiger partial charge in [0.05, 0.1) is 5.52 Å². The van der Waals surface area contributed by atoms with E-state index >= 15 is 0 Å². The first-order chi connectivity index (χ1) is 7.83. The fourth-order valence-electron chi connectivity index (χ4n) is 2.53. The molecule has 1 N–H and O–H groups in total. The Balaban J connectivity index is 1.91. The number of phenols is 1. The van der Waals surface area contributed by atoms with Crippen LogP contribution < -0.4 is 0 Å². The molecule has 1 aromatic carbocycles. The van der Waals surface area contributed by atoms with Crippen LogP contribution in [0.1, 0.15) is 25.7 Å². The number of benzene rings is 1. The number of hydrogen-bond acceptors (Lipinski definition) is 3. The van der Waals surface area contributed by atoms with E-state index in [9.17, 15) is 5.11 Å². The zero-order valence-corrected chi connectivity index (χ0v) is 9.13. The molecule has 4 nitrogen and oxygen atoms in total. The number of hydrogen-bond donors (Lipinski definition) is 1. The van der Waals surface area contributed by atoms with Crippen molar-refractivity contribution < 1.29 is 5.11 Å². The summed E-state index contributed by atoms with van der Waals surface area (Å²) in [5.41, 5.74) is 1.79. The van der Waals surface area contributed by atoms with Crippen molar-refractivity contribution in [3.8, 4) is 5.75 Å². The maximum atomic E-state index is 9.35. The predicted molar refractivity (Wildman–Crippen MR) is 61.2 cm³/mol. The van der Waals surface area contributed by atoms with Gasteiger partial charge in [0.2, 0.25) is 0 Å². The van der Waals surface area contributed by atoms with Crippen molar-refractivity contribution in [3.05, 3.63) is 18.2 Å². The van der Waals surface area contributed by atoms with Crippen LogP contribution in [0.3, 0.4) is 0 Å². The molecule has 0 amide bonds.